The summed E-state index contributed by atoms with van der Waals surface area (Å²) >= 11 is 0. The molecule has 0 saturated heterocycles. The highest BCUT2D eigenvalue weighted by Crippen LogP contribution is 2.26. The fraction of sp³-hybridized carbons (Fsp3) is 0.308. The molecule has 0 unspecified atom stereocenters. The molecule has 0 bridgehead atoms. The van der Waals surface area contributed by atoms with Gasteiger partial charge in [-0.05, 0) is 63.1 Å². The summed E-state index contributed by atoms with van der Waals surface area (Å²) in [5.74, 6) is 0.330. The molecule has 1 aromatic heterocycles. The van der Waals surface area contributed by atoms with Gasteiger partial charge in [-0.3, -0.25) is 4.79 Å². The van der Waals surface area contributed by atoms with E-state index < -0.39 is 11.7 Å². The van der Waals surface area contributed by atoms with Crippen LogP contribution in [0.25, 0.3) is 0 Å². The van der Waals surface area contributed by atoms with E-state index in [9.17, 15) is 9.59 Å². The van der Waals surface area contributed by atoms with E-state index in [1.54, 1.807) is 30.6 Å². The summed E-state index contributed by atoms with van der Waals surface area (Å²) in [6, 6.07) is 14.7. The third-order valence-corrected chi connectivity index (χ3v) is 4.68. The first-order valence-electron chi connectivity index (χ1n) is 11.3. The molecular weight excluding hydrogens is 446 g/mol. The first kappa shape index (κ1) is 25.6. The first-order valence-corrected chi connectivity index (χ1v) is 11.3. The van der Waals surface area contributed by atoms with E-state index in [4.69, 9.17) is 9.47 Å². The third-order valence-electron chi connectivity index (χ3n) is 4.68. The number of nitrogens with one attached hydrogen (secondary N) is 3. The van der Waals surface area contributed by atoms with Gasteiger partial charge in [0.25, 0.3) is 5.91 Å². The Bertz CT molecular complexity index is 1150. The summed E-state index contributed by atoms with van der Waals surface area (Å²) in [4.78, 5) is 32.6. The van der Waals surface area contributed by atoms with Gasteiger partial charge >= 0.3 is 12.1 Å². The molecule has 2 amide bonds. The van der Waals surface area contributed by atoms with Crippen molar-refractivity contribution in [1.29, 1.82) is 0 Å². The molecule has 184 valence electrons. The van der Waals surface area contributed by atoms with Crippen molar-refractivity contribution in [3.8, 4) is 11.8 Å². The quantitative estimate of drug-likeness (QED) is 0.390. The second kappa shape index (κ2) is 11.9. The van der Waals surface area contributed by atoms with Crippen LogP contribution in [0.1, 0.15) is 42.3 Å². The SMILES string of the molecule is Cc1ccc(NC(=O)c2cccc(CNCCNC(=O)OC(C)(C)C)c2)cc1Oc1ncccn1. The highest BCUT2D eigenvalue weighted by molar-refractivity contribution is 6.04. The molecule has 9 nitrogen and oxygen atoms in total. The number of carbonyl (C=O) groups excluding carboxylic acids is 2. The summed E-state index contributed by atoms with van der Waals surface area (Å²) in [5, 5.41) is 8.85. The van der Waals surface area contributed by atoms with Crippen LogP contribution < -0.4 is 20.7 Å². The molecule has 0 fully saturated rings. The lowest BCUT2D eigenvalue weighted by molar-refractivity contribution is 0.0528. The Morgan fingerprint density at radius 3 is 2.49 bits per heavy atom. The number of amides is 2. The van der Waals surface area contributed by atoms with Gasteiger partial charge in [0.05, 0.1) is 0 Å². The van der Waals surface area contributed by atoms with Crippen LogP contribution in [0.3, 0.4) is 0 Å². The van der Waals surface area contributed by atoms with E-state index in [2.05, 4.69) is 25.9 Å². The van der Waals surface area contributed by atoms with Crippen LogP contribution in [0.2, 0.25) is 0 Å². The monoisotopic (exact) mass is 477 g/mol. The Hall–Kier alpha value is -3.98. The standard InChI is InChI=1S/C26H31N5O4/c1-18-9-10-21(16-22(18)34-24-28-11-6-12-29-24)31-23(32)20-8-5-7-19(15-20)17-27-13-14-30-25(33)35-26(2,3)4/h5-12,15-16,27H,13-14,17H2,1-4H3,(H,30,33)(H,31,32). The van der Waals surface area contributed by atoms with Gasteiger partial charge in [-0.15, -0.1) is 0 Å². The predicted octanol–water partition coefficient (Wildman–Crippen LogP) is 4.44. The van der Waals surface area contributed by atoms with Crippen LogP contribution in [-0.2, 0) is 11.3 Å². The van der Waals surface area contributed by atoms with Gasteiger partial charge in [0, 0.05) is 49.3 Å². The van der Waals surface area contributed by atoms with Crippen molar-refractivity contribution in [3.63, 3.8) is 0 Å². The van der Waals surface area contributed by atoms with Gasteiger partial charge in [0.2, 0.25) is 0 Å². The highest BCUT2D eigenvalue weighted by atomic mass is 16.6. The summed E-state index contributed by atoms with van der Waals surface area (Å²) < 4.78 is 10.9. The van der Waals surface area contributed by atoms with Gasteiger partial charge in [0.15, 0.2) is 0 Å². The van der Waals surface area contributed by atoms with E-state index in [-0.39, 0.29) is 11.9 Å². The number of rotatable bonds is 9. The fourth-order valence-corrected chi connectivity index (χ4v) is 3.05. The molecule has 35 heavy (non-hydrogen) atoms. The van der Waals surface area contributed by atoms with E-state index in [1.807, 2.05) is 58.0 Å². The third kappa shape index (κ3) is 8.71. The smallest absolute Gasteiger partial charge is 0.407 e. The van der Waals surface area contributed by atoms with E-state index in [1.165, 1.54) is 0 Å². The number of nitrogens with zero attached hydrogens (tertiary/aromatic N) is 2. The van der Waals surface area contributed by atoms with Crippen molar-refractivity contribution in [2.75, 3.05) is 18.4 Å². The number of hydrogen-bond donors (Lipinski definition) is 3. The molecule has 0 aliphatic heterocycles. The van der Waals surface area contributed by atoms with Crippen LogP contribution in [0.4, 0.5) is 10.5 Å². The van der Waals surface area contributed by atoms with Gasteiger partial charge < -0.3 is 25.4 Å². The van der Waals surface area contributed by atoms with E-state index in [0.29, 0.717) is 36.6 Å². The number of alkyl carbamates (subject to hydrolysis) is 1. The molecule has 1 heterocycles. The average Bonchev–Trinajstić information content (AvgIpc) is 2.81. The molecule has 0 radical (unpaired) electrons. The summed E-state index contributed by atoms with van der Waals surface area (Å²) in [6.07, 6.45) is 2.75. The van der Waals surface area contributed by atoms with Crippen molar-refractivity contribution in [3.05, 3.63) is 77.6 Å². The van der Waals surface area contributed by atoms with Crippen LogP contribution in [0, 0.1) is 6.92 Å². The van der Waals surface area contributed by atoms with Gasteiger partial charge in [-0.25, -0.2) is 14.8 Å². The zero-order valence-corrected chi connectivity index (χ0v) is 20.4. The molecule has 0 aliphatic rings. The topological polar surface area (TPSA) is 114 Å². The fourth-order valence-electron chi connectivity index (χ4n) is 3.05. The Kier molecular flexibility index (Phi) is 8.74. The van der Waals surface area contributed by atoms with Gasteiger partial charge in [-0.1, -0.05) is 18.2 Å². The molecule has 3 aromatic rings. The van der Waals surface area contributed by atoms with Gasteiger partial charge in [0.1, 0.15) is 11.4 Å². The number of aromatic nitrogens is 2. The van der Waals surface area contributed by atoms with Crippen molar-refractivity contribution in [2.45, 2.75) is 39.8 Å². The van der Waals surface area contributed by atoms with Gasteiger partial charge in [-0.2, -0.15) is 0 Å². The summed E-state index contributed by atoms with van der Waals surface area (Å²) in [6.45, 7) is 8.91. The Balaban J connectivity index is 1.52. The largest absolute Gasteiger partial charge is 0.444 e. The zero-order valence-electron chi connectivity index (χ0n) is 20.4. The average molecular weight is 478 g/mol. The van der Waals surface area contributed by atoms with Crippen LogP contribution in [0.15, 0.2) is 60.9 Å². The molecule has 0 saturated carbocycles. The zero-order chi connectivity index (χ0) is 25.3. The van der Waals surface area contributed by atoms with Crippen LogP contribution in [0.5, 0.6) is 11.8 Å². The minimum absolute atomic E-state index is 0.232. The predicted molar refractivity (Wildman–Crippen MR) is 134 cm³/mol. The molecule has 0 spiro atoms. The Labute approximate surface area is 205 Å². The second-order valence-electron chi connectivity index (χ2n) is 8.87. The Morgan fingerprint density at radius 2 is 1.74 bits per heavy atom. The van der Waals surface area contributed by atoms with E-state index in [0.717, 1.165) is 11.1 Å². The van der Waals surface area contributed by atoms with Crippen LogP contribution >= 0.6 is 0 Å². The van der Waals surface area contributed by atoms with Crippen molar-refractivity contribution in [1.82, 2.24) is 20.6 Å². The van der Waals surface area contributed by atoms with Crippen molar-refractivity contribution in [2.24, 2.45) is 0 Å². The number of hydrogen-bond acceptors (Lipinski definition) is 7. The Morgan fingerprint density at radius 1 is 0.971 bits per heavy atom. The van der Waals surface area contributed by atoms with Crippen molar-refractivity contribution >= 4 is 17.7 Å². The molecule has 0 atom stereocenters. The maximum Gasteiger partial charge on any atom is 0.407 e. The lowest BCUT2D eigenvalue weighted by atomic mass is 10.1. The van der Waals surface area contributed by atoms with E-state index >= 15 is 0 Å². The molecular formula is C26H31N5O4. The molecule has 3 rings (SSSR count). The molecule has 0 aliphatic carbocycles. The first-order chi connectivity index (χ1) is 16.7. The number of benzene rings is 2. The van der Waals surface area contributed by atoms with Crippen LogP contribution in [-0.4, -0.2) is 40.7 Å². The highest BCUT2D eigenvalue weighted by Gasteiger charge is 2.15. The summed E-state index contributed by atoms with van der Waals surface area (Å²) in [5.41, 5.74) is 2.45. The lowest BCUT2D eigenvalue weighted by Crippen LogP contribution is -2.36. The maximum atomic E-state index is 12.8. The number of ether oxygens (including phenoxy) is 2. The maximum absolute atomic E-state index is 12.8. The molecule has 9 heteroatoms. The second-order valence-corrected chi connectivity index (χ2v) is 8.87. The van der Waals surface area contributed by atoms with Crippen molar-refractivity contribution < 1.29 is 19.1 Å². The molecule has 2 aromatic carbocycles. The number of aryl methyl sites for hydroxylation is 1. The molecule has 3 N–H and O–H groups in total. The summed E-state index contributed by atoms with van der Waals surface area (Å²) in [7, 11) is 0. The number of carbonyl (C=O) groups is 2. The minimum Gasteiger partial charge on any atom is -0.444 e. The lowest BCUT2D eigenvalue weighted by Gasteiger charge is -2.19. The minimum atomic E-state index is -0.526. The normalized spacial score (nSPS) is 11.0. The number of anilines is 1.